The predicted molar refractivity (Wildman–Crippen MR) is 66.2 cm³/mol. The molecule has 1 aromatic carbocycles. The van der Waals surface area contributed by atoms with Gasteiger partial charge in [-0.05, 0) is 25.1 Å². The van der Waals surface area contributed by atoms with E-state index in [0.29, 0.717) is 5.69 Å². The molecule has 0 aliphatic heterocycles. The second-order valence-electron chi connectivity index (χ2n) is 3.03. The molecule has 7 heteroatoms. The van der Waals surface area contributed by atoms with E-state index < -0.39 is 12.0 Å². The summed E-state index contributed by atoms with van der Waals surface area (Å²) in [4.78, 5) is 22.5. The van der Waals surface area contributed by atoms with Crippen molar-refractivity contribution in [3.05, 3.63) is 28.2 Å². The molecule has 0 heterocycles. The fourth-order valence-electron chi connectivity index (χ4n) is 1.08. The highest BCUT2D eigenvalue weighted by Gasteiger charge is 2.10. The number of hydrogen-bond donors (Lipinski definition) is 3. The van der Waals surface area contributed by atoms with Gasteiger partial charge in [-0.2, -0.15) is 0 Å². The van der Waals surface area contributed by atoms with Crippen molar-refractivity contribution in [3.8, 4) is 0 Å². The van der Waals surface area contributed by atoms with E-state index in [4.69, 9.17) is 5.73 Å². The molecule has 1 rings (SSSR count). The number of hydrazine groups is 1. The van der Waals surface area contributed by atoms with E-state index in [1.807, 2.05) is 0 Å². The Bertz CT molecular complexity index is 437. The summed E-state index contributed by atoms with van der Waals surface area (Å²) in [6.07, 6.45) is -0.725. The van der Waals surface area contributed by atoms with Crippen molar-refractivity contribution in [2.75, 3.05) is 12.3 Å². The van der Waals surface area contributed by atoms with Crippen LogP contribution in [0.3, 0.4) is 0 Å². The van der Waals surface area contributed by atoms with Gasteiger partial charge in [-0.1, -0.05) is 15.9 Å². The molecule has 0 bridgehead atoms. The zero-order valence-corrected chi connectivity index (χ0v) is 10.7. The van der Waals surface area contributed by atoms with Crippen molar-refractivity contribution in [1.82, 2.24) is 10.9 Å². The average Bonchev–Trinajstić information content (AvgIpc) is 2.26. The van der Waals surface area contributed by atoms with Crippen LogP contribution in [0.25, 0.3) is 0 Å². The lowest BCUT2D eigenvalue weighted by molar-refractivity contribution is 0.0913. The number of ether oxygens (including phenoxy) is 1. The maximum Gasteiger partial charge on any atom is 0.426 e. The minimum Gasteiger partial charge on any atom is -0.449 e. The number of anilines is 1. The molecule has 0 saturated heterocycles. The lowest BCUT2D eigenvalue weighted by atomic mass is 10.2. The maximum absolute atomic E-state index is 11.6. The van der Waals surface area contributed by atoms with Gasteiger partial charge in [0, 0.05) is 10.2 Å². The quantitative estimate of drug-likeness (QED) is 0.569. The summed E-state index contributed by atoms with van der Waals surface area (Å²) in [5.41, 5.74) is 10.5. The zero-order chi connectivity index (χ0) is 12.8. The number of nitrogens with one attached hydrogen (secondary N) is 2. The lowest BCUT2D eigenvalue weighted by Crippen LogP contribution is -2.42. The molecule has 17 heavy (non-hydrogen) atoms. The third kappa shape index (κ3) is 3.95. The fourth-order valence-corrected chi connectivity index (χ4v) is 1.46. The second kappa shape index (κ2) is 6.09. The summed E-state index contributed by atoms with van der Waals surface area (Å²) in [6, 6.07) is 4.82. The molecule has 0 aliphatic rings. The highest BCUT2D eigenvalue weighted by molar-refractivity contribution is 9.10. The Hall–Kier alpha value is -1.76. The van der Waals surface area contributed by atoms with Crippen molar-refractivity contribution in [2.24, 2.45) is 0 Å². The molecule has 92 valence electrons. The van der Waals surface area contributed by atoms with Crippen LogP contribution in [0.4, 0.5) is 10.5 Å². The van der Waals surface area contributed by atoms with Gasteiger partial charge >= 0.3 is 6.09 Å². The van der Waals surface area contributed by atoms with Crippen molar-refractivity contribution < 1.29 is 14.3 Å². The van der Waals surface area contributed by atoms with Crippen molar-refractivity contribution in [3.63, 3.8) is 0 Å². The normalized spacial score (nSPS) is 9.53. The molecule has 0 fully saturated rings. The Balaban J connectivity index is 2.61. The molecular formula is C10H12BrN3O3. The number of halogens is 1. The smallest absolute Gasteiger partial charge is 0.426 e. The summed E-state index contributed by atoms with van der Waals surface area (Å²) >= 11 is 3.23. The monoisotopic (exact) mass is 301 g/mol. The summed E-state index contributed by atoms with van der Waals surface area (Å²) < 4.78 is 5.34. The molecule has 0 aromatic heterocycles. The van der Waals surface area contributed by atoms with Gasteiger partial charge in [0.2, 0.25) is 0 Å². The molecule has 4 N–H and O–H groups in total. The SMILES string of the molecule is CCOC(=O)NNC(=O)c1ccc(Br)cc1N. The van der Waals surface area contributed by atoms with Gasteiger partial charge in [0.05, 0.1) is 12.2 Å². The molecular weight excluding hydrogens is 290 g/mol. The van der Waals surface area contributed by atoms with Crippen molar-refractivity contribution in [2.45, 2.75) is 6.92 Å². The van der Waals surface area contributed by atoms with Gasteiger partial charge in [0.1, 0.15) is 0 Å². The van der Waals surface area contributed by atoms with E-state index in [2.05, 4.69) is 31.5 Å². The third-order valence-corrected chi connectivity index (χ3v) is 2.31. The average molecular weight is 302 g/mol. The van der Waals surface area contributed by atoms with Crippen LogP contribution in [0, 0.1) is 0 Å². The molecule has 0 atom stereocenters. The minimum absolute atomic E-state index is 0.224. The van der Waals surface area contributed by atoms with Crippen LogP contribution in [0.5, 0.6) is 0 Å². The van der Waals surface area contributed by atoms with Crippen LogP contribution in [0.15, 0.2) is 22.7 Å². The number of nitrogen functional groups attached to an aromatic ring is 1. The van der Waals surface area contributed by atoms with Crippen molar-refractivity contribution in [1.29, 1.82) is 0 Å². The van der Waals surface area contributed by atoms with Crippen LogP contribution >= 0.6 is 15.9 Å². The summed E-state index contributed by atoms with van der Waals surface area (Å²) in [5.74, 6) is -0.511. The maximum atomic E-state index is 11.6. The third-order valence-electron chi connectivity index (χ3n) is 1.81. The van der Waals surface area contributed by atoms with E-state index in [1.165, 1.54) is 0 Å². The molecule has 2 amide bonds. The molecule has 0 unspecified atom stereocenters. The first-order chi connectivity index (χ1) is 8.04. The Morgan fingerprint density at radius 2 is 2.12 bits per heavy atom. The number of benzene rings is 1. The van der Waals surface area contributed by atoms with Gasteiger partial charge in [0.15, 0.2) is 0 Å². The number of nitrogens with two attached hydrogens (primary N) is 1. The van der Waals surface area contributed by atoms with Crippen LogP contribution in [0.1, 0.15) is 17.3 Å². The van der Waals surface area contributed by atoms with Crippen molar-refractivity contribution >= 4 is 33.6 Å². The van der Waals surface area contributed by atoms with Crippen LogP contribution in [-0.2, 0) is 4.74 Å². The topological polar surface area (TPSA) is 93.5 Å². The molecule has 1 aromatic rings. The first-order valence-electron chi connectivity index (χ1n) is 4.82. The summed E-state index contributed by atoms with van der Waals surface area (Å²) in [7, 11) is 0. The second-order valence-corrected chi connectivity index (χ2v) is 3.95. The number of rotatable bonds is 2. The summed E-state index contributed by atoms with van der Waals surface area (Å²) in [6.45, 7) is 1.89. The van der Waals surface area contributed by atoms with E-state index in [9.17, 15) is 9.59 Å². The zero-order valence-electron chi connectivity index (χ0n) is 9.12. The number of carbonyl (C=O) groups excluding carboxylic acids is 2. The summed E-state index contributed by atoms with van der Waals surface area (Å²) in [5, 5.41) is 0. The first-order valence-corrected chi connectivity index (χ1v) is 5.62. The van der Waals surface area contributed by atoms with Crippen LogP contribution < -0.4 is 16.6 Å². The molecule has 0 aliphatic carbocycles. The molecule has 0 spiro atoms. The Labute approximate surface area is 107 Å². The number of carbonyl (C=O) groups is 2. The molecule has 0 radical (unpaired) electrons. The van der Waals surface area contributed by atoms with Crippen LogP contribution in [-0.4, -0.2) is 18.6 Å². The van der Waals surface area contributed by atoms with E-state index in [-0.39, 0.29) is 12.2 Å². The van der Waals surface area contributed by atoms with E-state index in [1.54, 1.807) is 25.1 Å². The van der Waals surface area contributed by atoms with E-state index in [0.717, 1.165) is 4.47 Å². The Morgan fingerprint density at radius 3 is 2.71 bits per heavy atom. The van der Waals surface area contributed by atoms with Gasteiger partial charge in [-0.3, -0.25) is 10.2 Å². The highest BCUT2D eigenvalue weighted by atomic mass is 79.9. The van der Waals surface area contributed by atoms with Gasteiger partial charge < -0.3 is 10.5 Å². The molecule has 0 saturated carbocycles. The molecule has 6 nitrogen and oxygen atoms in total. The van der Waals surface area contributed by atoms with Gasteiger partial charge in [0.25, 0.3) is 5.91 Å². The highest BCUT2D eigenvalue weighted by Crippen LogP contribution is 2.18. The lowest BCUT2D eigenvalue weighted by Gasteiger charge is -2.08. The van der Waals surface area contributed by atoms with Gasteiger partial charge in [-0.25, -0.2) is 10.2 Å². The largest absolute Gasteiger partial charge is 0.449 e. The number of hydrogen-bond acceptors (Lipinski definition) is 4. The van der Waals surface area contributed by atoms with Gasteiger partial charge in [-0.15, -0.1) is 0 Å². The predicted octanol–water partition coefficient (Wildman–Crippen LogP) is 1.42. The standard InChI is InChI=1S/C10H12BrN3O3/c1-2-17-10(16)14-13-9(15)7-4-3-6(11)5-8(7)12/h3-5H,2,12H2,1H3,(H,13,15)(H,14,16). The Kier molecular flexibility index (Phi) is 4.77. The van der Waals surface area contributed by atoms with Crippen LogP contribution in [0.2, 0.25) is 0 Å². The van der Waals surface area contributed by atoms with E-state index >= 15 is 0 Å². The number of amides is 2. The Morgan fingerprint density at radius 1 is 1.41 bits per heavy atom. The first kappa shape index (κ1) is 13.3. The fraction of sp³-hybridized carbons (Fsp3) is 0.200. The minimum atomic E-state index is -0.725.